The van der Waals surface area contributed by atoms with E-state index in [4.69, 9.17) is 14.2 Å². The first-order valence-corrected chi connectivity index (χ1v) is 10.8. The summed E-state index contributed by atoms with van der Waals surface area (Å²) in [5.41, 5.74) is 1.14. The summed E-state index contributed by atoms with van der Waals surface area (Å²) in [5, 5.41) is 3.02. The molecule has 30 heavy (non-hydrogen) atoms. The number of amides is 2. The minimum Gasteiger partial charge on any atom is -0.442 e. The van der Waals surface area contributed by atoms with Crippen LogP contribution in [0, 0.1) is 5.92 Å². The molecule has 0 spiro atoms. The van der Waals surface area contributed by atoms with Crippen LogP contribution in [-0.2, 0) is 19.0 Å². The molecule has 7 heteroatoms. The number of carbonyl (C=O) groups is 2. The quantitative estimate of drug-likeness (QED) is 0.505. The highest BCUT2D eigenvalue weighted by Gasteiger charge is 2.33. The highest BCUT2D eigenvalue weighted by Crippen LogP contribution is 2.27. The predicted octanol–water partition coefficient (Wildman–Crippen LogP) is 3.22. The van der Waals surface area contributed by atoms with Crippen LogP contribution in [0.1, 0.15) is 40.5 Å². The number of rotatable bonds is 7. The van der Waals surface area contributed by atoms with E-state index >= 15 is 0 Å². The minimum absolute atomic E-state index is 0.0518. The van der Waals surface area contributed by atoms with E-state index < -0.39 is 6.10 Å². The summed E-state index contributed by atoms with van der Waals surface area (Å²) in [7, 11) is 0. The van der Waals surface area contributed by atoms with Crippen molar-refractivity contribution in [2.75, 3.05) is 26.3 Å². The number of hydrogen-bond donors (Lipinski definition) is 1. The lowest BCUT2D eigenvalue weighted by molar-refractivity contribution is -0.123. The lowest BCUT2D eigenvalue weighted by atomic mass is 9.88. The van der Waals surface area contributed by atoms with Gasteiger partial charge in [-0.3, -0.25) is 4.79 Å². The van der Waals surface area contributed by atoms with Crippen LogP contribution in [0.25, 0.3) is 0 Å². The first-order chi connectivity index (χ1) is 14.3. The summed E-state index contributed by atoms with van der Waals surface area (Å²) in [6, 6.07) is -0.0518. The van der Waals surface area contributed by atoms with E-state index in [0.717, 1.165) is 18.4 Å². The number of carbonyl (C=O) groups excluding carboxylic acids is 2. The topological polar surface area (TPSA) is 77.1 Å². The molecule has 168 valence electrons. The average molecular weight is 421 g/mol. The van der Waals surface area contributed by atoms with Gasteiger partial charge in [0.1, 0.15) is 6.10 Å². The standard InChI is InChI=1S/C23H36N2O5/c1-6-16(2)7-9-21-17(3)15-20(19(5)30-21)24-22(26)10-8-18(4)29-23(27)25-11-13-28-14-12-25/h6-8,10,17-21H,1,9,11-15H2,2-5H3,(H,24,26)/b10-8-,16-7+/t17-,18?,19+,20+,21-/m0/s1. The number of allylic oxidation sites excluding steroid dienone is 2. The van der Waals surface area contributed by atoms with Gasteiger partial charge in [0.2, 0.25) is 5.91 Å². The summed E-state index contributed by atoms with van der Waals surface area (Å²) in [6.45, 7) is 13.8. The largest absolute Gasteiger partial charge is 0.442 e. The molecule has 0 aromatic rings. The molecule has 7 nitrogen and oxygen atoms in total. The summed E-state index contributed by atoms with van der Waals surface area (Å²) < 4.78 is 16.7. The van der Waals surface area contributed by atoms with E-state index in [1.165, 1.54) is 6.08 Å². The monoisotopic (exact) mass is 420 g/mol. The van der Waals surface area contributed by atoms with Crippen molar-refractivity contribution >= 4 is 12.0 Å². The molecule has 0 aromatic heterocycles. The Bertz CT molecular complexity index is 654. The molecular formula is C23H36N2O5. The van der Waals surface area contributed by atoms with Crippen molar-refractivity contribution < 1.29 is 23.8 Å². The van der Waals surface area contributed by atoms with Crippen molar-refractivity contribution in [2.24, 2.45) is 5.92 Å². The molecule has 2 heterocycles. The third-order valence-corrected chi connectivity index (χ3v) is 5.61. The van der Waals surface area contributed by atoms with Crippen LogP contribution in [0.2, 0.25) is 0 Å². The molecule has 1 N–H and O–H groups in total. The second kappa shape index (κ2) is 11.9. The number of nitrogens with zero attached hydrogens (tertiary/aromatic N) is 1. The maximum atomic E-state index is 12.3. The van der Waals surface area contributed by atoms with Crippen molar-refractivity contribution in [1.82, 2.24) is 10.2 Å². The van der Waals surface area contributed by atoms with E-state index in [1.54, 1.807) is 17.9 Å². The first-order valence-electron chi connectivity index (χ1n) is 10.8. The fourth-order valence-corrected chi connectivity index (χ4v) is 3.57. The van der Waals surface area contributed by atoms with E-state index in [0.29, 0.717) is 32.2 Å². The van der Waals surface area contributed by atoms with Crippen LogP contribution >= 0.6 is 0 Å². The van der Waals surface area contributed by atoms with Crippen LogP contribution < -0.4 is 5.32 Å². The Hall–Kier alpha value is -2.12. The van der Waals surface area contributed by atoms with Crippen LogP contribution in [-0.4, -0.2) is 67.6 Å². The molecule has 0 saturated carbocycles. The van der Waals surface area contributed by atoms with Gasteiger partial charge in [0, 0.05) is 19.2 Å². The highest BCUT2D eigenvalue weighted by atomic mass is 16.6. The summed E-state index contributed by atoms with van der Waals surface area (Å²) in [6.07, 6.45) is 7.89. The Morgan fingerprint density at radius 3 is 2.67 bits per heavy atom. The molecular weight excluding hydrogens is 384 g/mol. The van der Waals surface area contributed by atoms with E-state index in [2.05, 4.69) is 24.9 Å². The predicted molar refractivity (Wildman–Crippen MR) is 116 cm³/mol. The van der Waals surface area contributed by atoms with Crippen LogP contribution in [0.5, 0.6) is 0 Å². The Morgan fingerprint density at radius 1 is 1.30 bits per heavy atom. The zero-order chi connectivity index (χ0) is 22.1. The molecule has 1 unspecified atom stereocenters. The maximum Gasteiger partial charge on any atom is 0.410 e. The van der Waals surface area contributed by atoms with Gasteiger partial charge in [-0.2, -0.15) is 0 Å². The Morgan fingerprint density at radius 2 is 2.00 bits per heavy atom. The van der Waals surface area contributed by atoms with Gasteiger partial charge in [-0.15, -0.1) is 0 Å². The Kier molecular flexibility index (Phi) is 9.59. The van der Waals surface area contributed by atoms with Crippen LogP contribution in [0.15, 0.2) is 36.5 Å². The van der Waals surface area contributed by atoms with Gasteiger partial charge < -0.3 is 24.4 Å². The smallest absolute Gasteiger partial charge is 0.410 e. The summed E-state index contributed by atoms with van der Waals surface area (Å²) in [5.74, 6) is 0.121. The lowest BCUT2D eigenvalue weighted by Crippen LogP contribution is -2.50. The minimum atomic E-state index is -0.491. The molecule has 2 fully saturated rings. The molecule has 2 aliphatic rings. The van der Waals surface area contributed by atoms with E-state index in [-0.39, 0.29) is 30.3 Å². The lowest BCUT2D eigenvalue weighted by Gasteiger charge is -2.39. The zero-order valence-corrected chi connectivity index (χ0v) is 18.6. The highest BCUT2D eigenvalue weighted by molar-refractivity contribution is 5.87. The molecule has 2 saturated heterocycles. The van der Waals surface area contributed by atoms with Crippen molar-refractivity contribution in [2.45, 2.75) is 64.9 Å². The zero-order valence-electron chi connectivity index (χ0n) is 18.6. The third-order valence-electron chi connectivity index (χ3n) is 5.61. The van der Waals surface area contributed by atoms with Gasteiger partial charge in [-0.1, -0.05) is 31.2 Å². The fourth-order valence-electron chi connectivity index (χ4n) is 3.57. The summed E-state index contributed by atoms with van der Waals surface area (Å²) >= 11 is 0. The van der Waals surface area contributed by atoms with E-state index in [9.17, 15) is 9.59 Å². The Labute approximate surface area is 180 Å². The molecule has 2 aliphatic heterocycles. The molecule has 0 aromatic carbocycles. The fraction of sp³-hybridized carbons (Fsp3) is 0.652. The summed E-state index contributed by atoms with van der Waals surface area (Å²) in [4.78, 5) is 26.0. The average Bonchev–Trinajstić information content (AvgIpc) is 2.74. The van der Waals surface area contributed by atoms with Gasteiger partial charge in [-0.25, -0.2) is 4.79 Å². The van der Waals surface area contributed by atoms with Crippen molar-refractivity contribution in [1.29, 1.82) is 0 Å². The molecule has 0 aliphatic carbocycles. The first kappa shape index (κ1) is 24.2. The number of ether oxygens (including phenoxy) is 3. The second-order valence-electron chi connectivity index (χ2n) is 8.14. The van der Waals surface area contributed by atoms with Gasteiger partial charge in [-0.05, 0) is 45.6 Å². The van der Waals surface area contributed by atoms with Crippen molar-refractivity contribution in [3.8, 4) is 0 Å². The molecule has 5 atom stereocenters. The Balaban J connectivity index is 1.78. The number of hydrogen-bond acceptors (Lipinski definition) is 5. The van der Waals surface area contributed by atoms with Gasteiger partial charge in [0.25, 0.3) is 0 Å². The molecule has 0 bridgehead atoms. The maximum absolute atomic E-state index is 12.3. The molecule has 0 radical (unpaired) electrons. The molecule has 2 amide bonds. The second-order valence-corrected chi connectivity index (χ2v) is 8.14. The van der Waals surface area contributed by atoms with Crippen molar-refractivity contribution in [3.05, 3.63) is 36.5 Å². The van der Waals surface area contributed by atoms with Crippen LogP contribution in [0.3, 0.4) is 0 Å². The van der Waals surface area contributed by atoms with Crippen LogP contribution in [0.4, 0.5) is 4.79 Å². The molecule has 2 rings (SSSR count). The third kappa shape index (κ3) is 7.61. The van der Waals surface area contributed by atoms with Gasteiger partial charge in [0.05, 0.1) is 31.5 Å². The SMILES string of the molecule is C=C/C(C)=C/C[C@@H]1O[C@H](C)[C@H](NC(=O)/C=C\C(C)OC(=O)N2CCOCC2)C[C@@H]1C. The van der Waals surface area contributed by atoms with Gasteiger partial charge >= 0.3 is 6.09 Å². The number of nitrogens with one attached hydrogen (secondary N) is 1. The van der Waals surface area contributed by atoms with Crippen molar-refractivity contribution in [3.63, 3.8) is 0 Å². The van der Waals surface area contributed by atoms with Gasteiger partial charge in [0.15, 0.2) is 0 Å². The van der Waals surface area contributed by atoms with E-state index in [1.807, 2.05) is 19.9 Å². The normalized spacial score (nSPS) is 28.8. The number of morpholine rings is 1.